The SMILES string of the molecule is O=C(CC(/C(=N/Nc1ccc(Cl)cc1)[N+](=O)[O-])c1ccccc1)c1ccccc1. The maximum atomic E-state index is 12.8. The van der Waals surface area contributed by atoms with Gasteiger partial charge in [-0.3, -0.25) is 4.79 Å². The maximum Gasteiger partial charge on any atom is 0.371 e. The predicted octanol–water partition coefficient (Wildman–Crippen LogP) is 5.40. The van der Waals surface area contributed by atoms with Crippen molar-refractivity contribution in [1.29, 1.82) is 0 Å². The van der Waals surface area contributed by atoms with Gasteiger partial charge in [-0.25, -0.2) is 0 Å². The average Bonchev–Trinajstić information content (AvgIpc) is 2.75. The van der Waals surface area contributed by atoms with Crippen molar-refractivity contribution in [2.75, 3.05) is 5.43 Å². The van der Waals surface area contributed by atoms with Crippen molar-refractivity contribution in [3.63, 3.8) is 0 Å². The number of benzene rings is 3. The number of amidine groups is 1. The number of nitrogens with one attached hydrogen (secondary N) is 1. The Hall–Kier alpha value is -3.51. The Morgan fingerprint density at radius 3 is 2.14 bits per heavy atom. The highest BCUT2D eigenvalue weighted by atomic mass is 35.5. The van der Waals surface area contributed by atoms with Crippen molar-refractivity contribution in [3.8, 4) is 0 Å². The number of ketones is 1. The van der Waals surface area contributed by atoms with E-state index in [1.165, 1.54) is 0 Å². The molecule has 0 saturated carbocycles. The van der Waals surface area contributed by atoms with Crippen LogP contribution in [0.2, 0.25) is 5.02 Å². The van der Waals surface area contributed by atoms with E-state index in [0.29, 0.717) is 21.8 Å². The van der Waals surface area contributed by atoms with Crippen LogP contribution in [-0.4, -0.2) is 16.5 Å². The van der Waals surface area contributed by atoms with E-state index in [1.54, 1.807) is 72.8 Å². The van der Waals surface area contributed by atoms with Crippen LogP contribution in [0.1, 0.15) is 28.3 Å². The summed E-state index contributed by atoms with van der Waals surface area (Å²) in [7, 11) is 0. The van der Waals surface area contributed by atoms with Gasteiger partial charge in [0, 0.05) is 17.0 Å². The van der Waals surface area contributed by atoms with Gasteiger partial charge >= 0.3 is 5.84 Å². The average molecular weight is 408 g/mol. The molecule has 3 rings (SSSR count). The lowest BCUT2D eigenvalue weighted by atomic mass is 9.90. The summed E-state index contributed by atoms with van der Waals surface area (Å²) in [4.78, 5) is 24.0. The third-order valence-electron chi connectivity index (χ3n) is 4.33. The molecule has 3 aromatic carbocycles. The van der Waals surface area contributed by atoms with Crippen molar-refractivity contribution < 1.29 is 9.72 Å². The number of hydrazone groups is 1. The maximum absolute atomic E-state index is 12.8. The molecular formula is C22H18ClN3O3. The van der Waals surface area contributed by atoms with Crippen LogP contribution in [0.5, 0.6) is 0 Å². The Kier molecular flexibility index (Phi) is 6.71. The summed E-state index contributed by atoms with van der Waals surface area (Å²) in [6.07, 6.45) is -0.0733. The monoisotopic (exact) mass is 407 g/mol. The standard InChI is InChI=1S/C22H18ClN3O3/c23-18-11-13-19(14-12-18)24-25-22(26(28)29)20(16-7-3-1-4-8-16)15-21(27)17-9-5-2-6-10-17/h1-14,20,24H,15H2/b25-22-. The molecule has 0 aliphatic carbocycles. The van der Waals surface area contributed by atoms with Gasteiger partial charge in [0.25, 0.3) is 0 Å². The minimum absolute atomic E-state index is 0.0733. The van der Waals surface area contributed by atoms with Gasteiger partial charge in [-0.15, -0.1) is 0 Å². The normalized spacial score (nSPS) is 12.2. The number of carbonyl (C=O) groups is 1. The minimum atomic E-state index is -0.807. The molecule has 146 valence electrons. The fraction of sp³-hybridized carbons (Fsp3) is 0.0909. The van der Waals surface area contributed by atoms with E-state index in [0.717, 1.165) is 0 Å². The van der Waals surface area contributed by atoms with E-state index in [-0.39, 0.29) is 18.0 Å². The summed E-state index contributed by atoms with van der Waals surface area (Å²) in [6.45, 7) is 0. The molecule has 0 aliphatic rings. The fourth-order valence-electron chi connectivity index (χ4n) is 2.86. The topological polar surface area (TPSA) is 84.6 Å². The number of hydrogen-bond acceptors (Lipinski definition) is 5. The zero-order valence-corrected chi connectivity index (χ0v) is 16.1. The second-order valence-electron chi connectivity index (χ2n) is 6.30. The van der Waals surface area contributed by atoms with E-state index < -0.39 is 10.8 Å². The van der Waals surface area contributed by atoms with Crippen molar-refractivity contribution in [2.24, 2.45) is 5.10 Å². The highest BCUT2D eigenvalue weighted by molar-refractivity contribution is 6.30. The Morgan fingerprint density at radius 1 is 0.966 bits per heavy atom. The highest BCUT2D eigenvalue weighted by Gasteiger charge is 2.31. The molecular weight excluding hydrogens is 390 g/mol. The van der Waals surface area contributed by atoms with Crippen LogP contribution in [-0.2, 0) is 0 Å². The van der Waals surface area contributed by atoms with E-state index in [1.807, 2.05) is 12.1 Å². The first kappa shape index (κ1) is 20.2. The van der Waals surface area contributed by atoms with E-state index >= 15 is 0 Å². The Morgan fingerprint density at radius 2 is 1.55 bits per heavy atom. The molecule has 7 heteroatoms. The Labute approximate surface area is 173 Å². The second-order valence-corrected chi connectivity index (χ2v) is 6.74. The number of anilines is 1. The molecule has 0 saturated heterocycles. The summed E-state index contributed by atoms with van der Waals surface area (Å²) in [5, 5.41) is 16.4. The Balaban J connectivity index is 1.93. The number of carbonyl (C=O) groups excluding carboxylic acids is 1. The lowest BCUT2D eigenvalue weighted by molar-refractivity contribution is -0.354. The molecule has 1 unspecified atom stereocenters. The van der Waals surface area contributed by atoms with Crippen molar-refractivity contribution in [2.45, 2.75) is 12.3 Å². The smallest absolute Gasteiger partial charge is 0.358 e. The summed E-state index contributed by atoms with van der Waals surface area (Å²) in [5.74, 6) is -1.34. The van der Waals surface area contributed by atoms with Crippen LogP contribution in [0.3, 0.4) is 0 Å². The third kappa shape index (κ3) is 5.49. The molecule has 6 nitrogen and oxygen atoms in total. The van der Waals surface area contributed by atoms with Crippen LogP contribution in [0.4, 0.5) is 5.69 Å². The zero-order valence-electron chi connectivity index (χ0n) is 15.4. The van der Waals surface area contributed by atoms with Gasteiger partial charge < -0.3 is 10.1 Å². The first-order chi connectivity index (χ1) is 14.0. The molecule has 0 aromatic heterocycles. The van der Waals surface area contributed by atoms with Crippen LogP contribution in [0, 0.1) is 10.1 Å². The highest BCUT2D eigenvalue weighted by Crippen LogP contribution is 2.25. The van der Waals surface area contributed by atoms with Crippen LogP contribution < -0.4 is 5.43 Å². The molecule has 0 amide bonds. The summed E-state index contributed by atoms with van der Waals surface area (Å²) < 4.78 is 0. The van der Waals surface area contributed by atoms with Gasteiger partial charge in [0.1, 0.15) is 5.92 Å². The van der Waals surface area contributed by atoms with E-state index in [4.69, 9.17) is 11.6 Å². The fourth-order valence-corrected chi connectivity index (χ4v) is 2.99. The number of rotatable bonds is 7. The largest absolute Gasteiger partial charge is 0.371 e. The molecule has 0 aliphatic heterocycles. The van der Waals surface area contributed by atoms with Gasteiger partial charge in [-0.1, -0.05) is 72.3 Å². The first-order valence-electron chi connectivity index (χ1n) is 8.91. The predicted molar refractivity (Wildman–Crippen MR) is 114 cm³/mol. The first-order valence-corrected chi connectivity index (χ1v) is 9.29. The van der Waals surface area contributed by atoms with Crippen LogP contribution in [0.25, 0.3) is 0 Å². The summed E-state index contributed by atoms with van der Waals surface area (Å²) in [6, 6.07) is 24.2. The minimum Gasteiger partial charge on any atom is -0.358 e. The molecule has 0 bridgehead atoms. The van der Waals surface area contributed by atoms with Gasteiger partial charge in [-0.2, -0.15) is 5.43 Å². The molecule has 1 N–H and O–H groups in total. The van der Waals surface area contributed by atoms with Crippen LogP contribution in [0.15, 0.2) is 90.0 Å². The van der Waals surface area contributed by atoms with Gasteiger partial charge in [0.2, 0.25) is 0 Å². The number of nitrogens with zero attached hydrogens (tertiary/aromatic N) is 2. The van der Waals surface area contributed by atoms with Crippen molar-refractivity contribution >= 4 is 28.9 Å². The molecule has 0 heterocycles. The number of Topliss-reactive ketones (excluding diaryl/α,β-unsaturated/α-hetero) is 1. The summed E-state index contributed by atoms with van der Waals surface area (Å²) >= 11 is 5.86. The number of nitro groups is 1. The molecule has 1 atom stereocenters. The number of hydrogen-bond donors (Lipinski definition) is 1. The summed E-state index contributed by atoms with van der Waals surface area (Å²) in [5.41, 5.74) is 4.39. The van der Waals surface area contributed by atoms with Gasteiger partial charge in [0.05, 0.1) is 10.8 Å². The molecule has 0 spiro atoms. The molecule has 29 heavy (non-hydrogen) atoms. The lowest BCUT2D eigenvalue weighted by Crippen LogP contribution is -2.25. The van der Waals surface area contributed by atoms with Gasteiger partial charge in [0.15, 0.2) is 5.78 Å². The molecule has 3 aromatic rings. The number of halogens is 1. The lowest BCUT2D eigenvalue weighted by Gasteiger charge is -2.14. The zero-order chi connectivity index (χ0) is 20.6. The van der Waals surface area contributed by atoms with Gasteiger partial charge in [-0.05, 0) is 34.8 Å². The second kappa shape index (κ2) is 9.61. The van der Waals surface area contributed by atoms with E-state index in [9.17, 15) is 14.9 Å². The van der Waals surface area contributed by atoms with Crippen LogP contribution >= 0.6 is 11.6 Å². The molecule has 0 radical (unpaired) electrons. The van der Waals surface area contributed by atoms with E-state index in [2.05, 4.69) is 10.5 Å². The van der Waals surface area contributed by atoms with Crippen molar-refractivity contribution in [1.82, 2.24) is 0 Å². The van der Waals surface area contributed by atoms with Crippen molar-refractivity contribution in [3.05, 3.63) is 111 Å². The quantitative estimate of drug-likeness (QED) is 0.187. The molecule has 0 fully saturated rings. The third-order valence-corrected chi connectivity index (χ3v) is 4.58. The Bertz CT molecular complexity index is 1010.